The van der Waals surface area contributed by atoms with Crippen LogP contribution in [-0.2, 0) is 12.7 Å². The molecule has 0 saturated carbocycles. The number of rotatable bonds is 7. The summed E-state index contributed by atoms with van der Waals surface area (Å²) in [5.74, 6) is -0.370. The van der Waals surface area contributed by atoms with Crippen LogP contribution in [0.25, 0.3) is 11.1 Å². The van der Waals surface area contributed by atoms with Gasteiger partial charge >= 0.3 is 6.18 Å². The molecule has 0 radical (unpaired) electrons. The van der Waals surface area contributed by atoms with Crippen LogP contribution >= 0.6 is 0 Å². The zero-order chi connectivity index (χ0) is 30.6. The second-order valence-corrected chi connectivity index (χ2v) is 11.1. The van der Waals surface area contributed by atoms with Crippen LogP contribution in [0.1, 0.15) is 52.4 Å². The van der Waals surface area contributed by atoms with Gasteiger partial charge in [-0.25, -0.2) is 0 Å². The summed E-state index contributed by atoms with van der Waals surface area (Å²) in [7, 11) is 0. The van der Waals surface area contributed by atoms with Gasteiger partial charge in [0.25, 0.3) is 5.91 Å². The van der Waals surface area contributed by atoms with Crippen molar-refractivity contribution in [2.24, 2.45) is 0 Å². The third-order valence-electron chi connectivity index (χ3n) is 7.81. The Balaban J connectivity index is 1.27. The van der Waals surface area contributed by atoms with Gasteiger partial charge in [-0.3, -0.25) is 9.69 Å². The van der Waals surface area contributed by atoms with Crippen molar-refractivity contribution in [1.82, 2.24) is 4.90 Å². The van der Waals surface area contributed by atoms with Crippen LogP contribution in [-0.4, -0.2) is 37.0 Å². The normalized spacial score (nSPS) is 14.0. The van der Waals surface area contributed by atoms with E-state index in [0.29, 0.717) is 16.8 Å². The molecule has 0 aromatic heterocycles. The molecule has 1 saturated heterocycles. The number of carbonyl (C=O) groups excluding carboxylic acids is 1. The van der Waals surface area contributed by atoms with E-state index in [0.717, 1.165) is 55.6 Å². The van der Waals surface area contributed by atoms with Gasteiger partial charge in [0.15, 0.2) is 0 Å². The molecule has 1 aliphatic rings. The largest absolute Gasteiger partial charge is 0.417 e. The Labute approximate surface area is 250 Å². The van der Waals surface area contributed by atoms with Gasteiger partial charge in [0.2, 0.25) is 0 Å². The summed E-state index contributed by atoms with van der Waals surface area (Å²) in [4.78, 5) is 18.0. The number of hydrogen-bond donors (Lipinski definition) is 1. The Hall–Kier alpha value is -4.61. The highest BCUT2D eigenvalue weighted by molar-refractivity contribution is 6.09. The maximum atomic E-state index is 14.0. The first-order valence-electron chi connectivity index (χ1n) is 14.3. The first kappa shape index (κ1) is 29.9. The highest BCUT2D eigenvalue weighted by Crippen LogP contribution is 2.39. The van der Waals surface area contributed by atoms with E-state index in [9.17, 15) is 18.0 Å². The molecule has 0 unspecified atom stereocenters. The van der Waals surface area contributed by atoms with Crippen LogP contribution in [0.5, 0.6) is 0 Å². The number of nitrogens with one attached hydrogen (secondary N) is 1. The summed E-state index contributed by atoms with van der Waals surface area (Å²) >= 11 is 0. The molecule has 43 heavy (non-hydrogen) atoms. The monoisotopic (exact) mass is 582 g/mol. The lowest BCUT2D eigenvalue weighted by Gasteiger charge is -2.36. The van der Waals surface area contributed by atoms with E-state index in [1.807, 2.05) is 44.2 Å². The van der Waals surface area contributed by atoms with Gasteiger partial charge in [-0.15, -0.1) is 0 Å². The molecule has 0 aliphatic carbocycles. The average molecular weight is 583 g/mol. The van der Waals surface area contributed by atoms with Crippen molar-refractivity contribution in [3.05, 3.63) is 119 Å². The van der Waals surface area contributed by atoms with Crippen molar-refractivity contribution < 1.29 is 18.0 Å². The number of alkyl halides is 3. The number of piperazine rings is 1. The minimum atomic E-state index is -4.62. The molecule has 5 nitrogen and oxygen atoms in total. The SMILES string of the molecule is CC(C)c1ccc(-c2c(C(=O)Nc3ccc(N4CCN(Cc5cccc(C#N)c5)CC4)cc3)cccc2C(F)(F)F)cc1. The summed E-state index contributed by atoms with van der Waals surface area (Å²) in [6.45, 7) is 8.20. The van der Waals surface area contributed by atoms with Crippen LogP contribution in [0.3, 0.4) is 0 Å². The third kappa shape index (κ3) is 7.07. The maximum Gasteiger partial charge on any atom is 0.417 e. The van der Waals surface area contributed by atoms with Crippen LogP contribution in [0.4, 0.5) is 24.5 Å². The first-order chi connectivity index (χ1) is 20.6. The topological polar surface area (TPSA) is 59.4 Å². The van der Waals surface area contributed by atoms with Gasteiger partial charge in [-0.2, -0.15) is 18.4 Å². The highest BCUT2D eigenvalue weighted by atomic mass is 19.4. The van der Waals surface area contributed by atoms with E-state index >= 15 is 0 Å². The molecule has 1 aliphatic heterocycles. The molecule has 1 amide bonds. The van der Waals surface area contributed by atoms with Gasteiger partial charge in [-0.05, 0) is 71.1 Å². The Kier molecular flexibility index (Phi) is 8.84. The summed E-state index contributed by atoms with van der Waals surface area (Å²) < 4.78 is 42.1. The average Bonchev–Trinajstić information content (AvgIpc) is 3.01. The standard InChI is InChI=1S/C35H33F3N4O/c1-24(2)27-9-11-28(12-10-27)33-31(7-4-8-32(33)35(36,37)38)34(43)40-29-13-15-30(16-14-29)42-19-17-41(18-20-42)23-26-6-3-5-25(21-26)22-39/h3-16,21,24H,17-20,23H2,1-2H3,(H,40,43). The number of carbonyl (C=O) groups is 1. The molecule has 0 atom stereocenters. The van der Waals surface area contributed by atoms with E-state index in [-0.39, 0.29) is 17.0 Å². The first-order valence-corrected chi connectivity index (χ1v) is 14.3. The molecule has 1 fully saturated rings. The van der Waals surface area contributed by atoms with Crippen molar-refractivity contribution in [2.45, 2.75) is 32.5 Å². The van der Waals surface area contributed by atoms with Crippen molar-refractivity contribution in [3.63, 3.8) is 0 Å². The van der Waals surface area contributed by atoms with Gasteiger partial charge in [0.05, 0.1) is 17.2 Å². The van der Waals surface area contributed by atoms with E-state index < -0.39 is 17.6 Å². The van der Waals surface area contributed by atoms with E-state index in [2.05, 4.69) is 21.2 Å². The molecular formula is C35H33F3N4O. The van der Waals surface area contributed by atoms with Crippen molar-refractivity contribution >= 4 is 17.3 Å². The second-order valence-electron chi connectivity index (χ2n) is 11.1. The van der Waals surface area contributed by atoms with E-state index in [4.69, 9.17) is 5.26 Å². The fraction of sp³-hybridized carbons (Fsp3) is 0.257. The van der Waals surface area contributed by atoms with Crippen LogP contribution < -0.4 is 10.2 Å². The Morgan fingerprint density at radius 2 is 1.58 bits per heavy atom. The molecule has 0 spiro atoms. The number of benzene rings is 4. The highest BCUT2D eigenvalue weighted by Gasteiger charge is 2.35. The summed E-state index contributed by atoms with van der Waals surface area (Å²) in [6.07, 6.45) is -4.62. The number of nitriles is 1. The number of anilines is 2. The molecule has 4 aromatic carbocycles. The summed E-state index contributed by atoms with van der Waals surface area (Å²) in [6, 6.07) is 27.9. The minimum Gasteiger partial charge on any atom is -0.369 e. The molecule has 8 heteroatoms. The predicted molar refractivity (Wildman–Crippen MR) is 164 cm³/mol. The molecule has 220 valence electrons. The molecule has 1 heterocycles. The molecule has 5 rings (SSSR count). The number of amides is 1. The number of hydrogen-bond acceptors (Lipinski definition) is 4. The molecule has 1 N–H and O–H groups in total. The summed E-state index contributed by atoms with van der Waals surface area (Å²) in [5.41, 5.74) is 3.63. The lowest BCUT2D eigenvalue weighted by Crippen LogP contribution is -2.45. The second kappa shape index (κ2) is 12.7. The molecule has 4 aromatic rings. The smallest absolute Gasteiger partial charge is 0.369 e. The summed E-state index contributed by atoms with van der Waals surface area (Å²) in [5, 5.41) is 11.9. The van der Waals surface area contributed by atoms with Crippen molar-refractivity contribution in [3.8, 4) is 17.2 Å². The van der Waals surface area contributed by atoms with Crippen LogP contribution in [0.2, 0.25) is 0 Å². The van der Waals surface area contributed by atoms with Crippen LogP contribution in [0.15, 0.2) is 91.0 Å². The lowest BCUT2D eigenvalue weighted by atomic mass is 9.91. The van der Waals surface area contributed by atoms with Gasteiger partial charge < -0.3 is 10.2 Å². The van der Waals surface area contributed by atoms with Crippen molar-refractivity contribution in [1.29, 1.82) is 5.26 Å². The van der Waals surface area contributed by atoms with Gasteiger partial charge in [-0.1, -0.05) is 56.3 Å². The number of nitrogens with zero attached hydrogens (tertiary/aromatic N) is 3. The van der Waals surface area contributed by atoms with Gasteiger partial charge in [0, 0.05) is 55.2 Å². The zero-order valence-corrected chi connectivity index (χ0v) is 24.2. The third-order valence-corrected chi connectivity index (χ3v) is 7.81. The Morgan fingerprint density at radius 1 is 0.907 bits per heavy atom. The van der Waals surface area contributed by atoms with E-state index in [1.165, 1.54) is 12.1 Å². The minimum absolute atomic E-state index is 0.0346. The van der Waals surface area contributed by atoms with Gasteiger partial charge in [0.1, 0.15) is 0 Å². The van der Waals surface area contributed by atoms with Crippen LogP contribution in [0, 0.1) is 11.3 Å². The zero-order valence-electron chi connectivity index (χ0n) is 24.2. The van der Waals surface area contributed by atoms with Crippen molar-refractivity contribution in [2.75, 3.05) is 36.4 Å². The molecule has 0 bridgehead atoms. The lowest BCUT2D eigenvalue weighted by molar-refractivity contribution is -0.137. The Morgan fingerprint density at radius 3 is 2.21 bits per heavy atom. The Bertz CT molecular complexity index is 1620. The fourth-order valence-electron chi connectivity index (χ4n) is 5.44. The molecular weight excluding hydrogens is 549 g/mol. The fourth-order valence-corrected chi connectivity index (χ4v) is 5.44. The quantitative estimate of drug-likeness (QED) is 0.240. The number of halogens is 3. The van der Waals surface area contributed by atoms with E-state index in [1.54, 1.807) is 42.5 Å². The predicted octanol–water partition coefficient (Wildman–Crippen LogP) is 7.94. The maximum absolute atomic E-state index is 14.0.